The minimum Gasteiger partial charge on any atom is -0.385 e. The topological polar surface area (TPSA) is 75.4 Å². The Hall–Kier alpha value is -0.750. The molecule has 0 heterocycles. The first-order valence-corrected chi connectivity index (χ1v) is 4.35. The second-order valence-electron chi connectivity index (χ2n) is 3.29. The van der Waals surface area contributed by atoms with Gasteiger partial charge in [-0.3, -0.25) is 4.79 Å². The third-order valence-corrected chi connectivity index (χ3v) is 1.98. The van der Waals surface area contributed by atoms with Gasteiger partial charge in [-0.2, -0.15) is 0 Å². The van der Waals surface area contributed by atoms with Gasteiger partial charge in [-0.25, -0.2) is 8.78 Å². The molecule has 0 rings (SSSR count). The number of nitrogens with two attached hydrogens (primary N) is 1. The van der Waals surface area contributed by atoms with E-state index in [4.69, 9.17) is 10.8 Å². The van der Waals surface area contributed by atoms with Crippen LogP contribution in [0.4, 0.5) is 8.78 Å². The summed E-state index contributed by atoms with van der Waals surface area (Å²) in [7, 11) is 0. The van der Waals surface area contributed by atoms with Gasteiger partial charge in [-0.1, -0.05) is 6.92 Å². The van der Waals surface area contributed by atoms with Crippen molar-refractivity contribution in [2.24, 2.45) is 11.7 Å². The number of carbonyl (C=O) groups is 1. The molecule has 0 spiro atoms. The number of halogens is 2. The molecule has 4 nitrogen and oxygen atoms in total. The van der Waals surface area contributed by atoms with Crippen LogP contribution in [0.5, 0.6) is 0 Å². The van der Waals surface area contributed by atoms with E-state index in [-0.39, 0.29) is 6.04 Å². The van der Waals surface area contributed by atoms with Crippen molar-refractivity contribution in [1.82, 2.24) is 5.32 Å². The fraction of sp³-hybridized carbons (Fsp3) is 0.875. The molecule has 6 heteroatoms. The third kappa shape index (κ3) is 4.48. The van der Waals surface area contributed by atoms with Crippen LogP contribution in [0, 0.1) is 5.92 Å². The first-order chi connectivity index (χ1) is 6.36. The molecule has 0 aromatic carbocycles. The first kappa shape index (κ1) is 13.2. The highest BCUT2D eigenvalue weighted by atomic mass is 19.3. The van der Waals surface area contributed by atoms with E-state index in [2.05, 4.69) is 5.32 Å². The van der Waals surface area contributed by atoms with Gasteiger partial charge < -0.3 is 16.2 Å². The zero-order chi connectivity index (χ0) is 11.3. The molecule has 0 aliphatic rings. The quantitative estimate of drug-likeness (QED) is 0.583. The van der Waals surface area contributed by atoms with Crippen molar-refractivity contribution in [3.63, 3.8) is 0 Å². The molecule has 1 amide bonds. The Morgan fingerprint density at radius 2 is 2.00 bits per heavy atom. The SMILES string of the molecule is CC(N)C(C)C(=O)NCC(O)C(F)F. The van der Waals surface area contributed by atoms with E-state index in [1.54, 1.807) is 13.8 Å². The maximum atomic E-state index is 11.8. The highest BCUT2D eigenvalue weighted by Gasteiger charge is 2.21. The number of amides is 1. The van der Waals surface area contributed by atoms with Gasteiger partial charge in [-0.05, 0) is 6.92 Å². The lowest BCUT2D eigenvalue weighted by molar-refractivity contribution is -0.125. The predicted molar refractivity (Wildman–Crippen MR) is 47.8 cm³/mol. The molecule has 0 aliphatic heterocycles. The maximum Gasteiger partial charge on any atom is 0.265 e. The summed E-state index contributed by atoms with van der Waals surface area (Å²) in [6.07, 6.45) is -4.67. The van der Waals surface area contributed by atoms with Gasteiger partial charge in [0, 0.05) is 18.5 Å². The number of aliphatic hydroxyl groups excluding tert-OH is 1. The van der Waals surface area contributed by atoms with Crippen LogP contribution in [-0.4, -0.2) is 36.1 Å². The van der Waals surface area contributed by atoms with Gasteiger partial charge >= 0.3 is 0 Å². The van der Waals surface area contributed by atoms with Crippen LogP contribution >= 0.6 is 0 Å². The molecule has 0 aromatic rings. The van der Waals surface area contributed by atoms with Crippen LogP contribution in [0.15, 0.2) is 0 Å². The van der Waals surface area contributed by atoms with E-state index in [0.717, 1.165) is 0 Å². The Labute approximate surface area is 81.5 Å². The zero-order valence-corrected chi connectivity index (χ0v) is 8.21. The number of hydrogen-bond donors (Lipinski definition) is 3. The summed E-state index contributed by atoms with van der Waals surface area (Å²) in [6, 6.07) is -0.348. The smallest absolute Gasteiger partial charge is 0.265 e. The van der Waals surface area contributed by atoms with Crippen LogP contribution in [0.1, 0.15) is 13.8 Å². The number of alkyl halides is 2. The van der Waals surface area contributed by atoms with Gasteiger partial charge in [0.25, 0.3) is 6.43 Å². The van der Waals surface area contributed by atoms with Crippen LogP contribution in [0.25, 0.3) is 0 Å². The van der Waals surface area contributed by atoms with Gasteiger partial charge in [0.2, 0.25) is 5.91 Å². The Kier molecular flexibility index (Phi) is 5.56. The molecule has 3 atom stereocenters. The zero-order valence-electron chi connectivity index (χ0n) is 8.21. The fourth-order valence-corrected chi connectivity index (χ4v) is 0.694. The fourth-order valence-electron chi connectivity index (χ4n) is 0.694. The predicted octanol–water partition coefficient (Wildman–Crippen LogP) is -0.288. The van der Waals surface area contributed by atoms with E-state index in [1.165, 1.54) is 0 Å². The minimum absolute atomic E-state index is 0.348. The second-order valence-corrected chi connectivity index (χ2v) is 3.29. The standard InChI is InChI=1S/C8H16F2N2O2/c1-4(5(2)11)8(14)12-3-6(13)7(9)10/h4-7,13H,3,11H2,1-2H3,(H,12,14). The van der Waals surface area contributed by atoms with E-state index in [0.29, 0.717) is 0 Å². The molecule has 84 valence electrons. The normalized spacial score (nSPS) is 17.6. The van der Waals surface area contributed by atoms with Crippen molar-refractivity contribution in [2.75, 3.05) is 6.54 Å². The highest BCUT2D eigenvalue weighted by molar-refractivity contribution is 5.78. The van der Waals surface area contributed by atoms with Crippen molar-refractivity contribution in [1.29, 1.82) is 0 Å². The van der Waals surface area contributed by atoms with E-state index in [1.807, 2.05) is 0 Å². The summed E-state index contributed by atoms with van der Waals surface area (Å²) in [5.41, 5.74) is 5.43. The Balaban J connectivity index is 3.85. The van der Waals surface area contributed by atoms with Crippen LogP contribution < -0.4 is 11.1 Å². The molecular weight excluding hydrogens is 194 g/mol. The number of rotatable bonds is 5. The molecule has 3 unspecified atom stereocenters. The Morgan fingerprint density at radius 3 is 2.36 bits per heavy atom. The van der Waals surface area contributed by atoms with Crippen LogP contribution in [0.2, 0.25) is 0 Å². The summed E-state index contributed by atoms with van der Waals surface area (Å²) in [6.45, 7) is 2.79. The van der Waals surface area contributed by atoms with Gasteiger partial charge in [0.1, 0.15) is 6.10 Å². The van der Waals surface area contributed by atoms with Crippen molar-refractivity contribution < 1.29 is 18.7 Å². The number of nitrogens with one attached hydrogen (secondary N) is 1. The van der Waals surface area contributed by atoms with Crippen molar-refractivity contribution >= 4 is 5.91 Å². The van der Waals surface area contributed by atoms with Gasteiger partial charge in [0.15, 0.2) is 0 Å². The lowest BCUT2D eigenvalue weighted by Crippen LogP contribution is -2.42. The molecule has 0 fully saturated rings. The number of aliphatic hydroxyl groups is 1. The van der Waals surface area contributed by atoms with Crippen LogP contribution in [-0.2, 0) is 4.79 Å². The number of hydrogen-bond acceptors (Lipinski definition) is 3. The first-order valence-electron chi connectivity index (χ1n) is 4.35. The summed E-state index contributed by atoms with van der Waals surface area (Å²) in [4.78, 5) is 11.2. The van der Waals surface area contributed by atoms with Crippen molar-refractivity contribution in [3.05, 3.63) is 0 Å². The summed E-state index contributed by atoms with van der Waals surface area (Å²) in [5.74, 6) is -0.889. The Morgan fingerprint density at radius 1 is 1.50 bits per heavy atom. The molecule has 0 radical (unpaired) electrons. The average molecular weight is 210 g/mol. The highest BCUT2D eigenvalue weighted by Crippen LogP contribution is 2.01. The minimum atomic E-state index is -2.85. The maximum absolute atomic E-state index is 11.8. The van der Waals surface area contributed by atoms with Gasteiger partial charge in [0.05, 0.1) is 0 Å². The molecule has 0 bridgehead atoms. The summed E-state index contributed by atoms with van der Waals surface area (Å²) < 4.78 is 23.6. The molecule has 0 saturated carbocycles. The average Bonchev–Trinajstić information content (AvgIpc) is 2.11. The molecule has 4 N–H and O–H groups in total. The molecule has 0 saturated heterocycles. The molecule has 14 heavy (non-hydrogen) atoms. The number of carbonyl (C=O) groups excluding carboxylic acids is 1. The van der Waals surface area contributed by atoms with Gasteiger partial charge in [-0.15, -0.1) is 0 Å². The lowest BCUT2D eigenvalue weighted by atomic mass is 10.0. The molecule has 0 aromatic heterocycles. The summed E-state index contributed by atoms with van der Waals surface area (Å²) in [5, 5.41) is 10.9. The van der Waals surface area contributed by atoms with E-state index < -0.39 is 30.9 Å². The van der Waals surface area contributed by atoms with Crippen LogP contribution in [0.3, 0.4) is 0 Å². The summed E-state index contributed by atoms with van der Waals surface area (Å²) >= 11 is 0. The largest absolute Gasteiger partial charge is 0.385 e. The van der Waals surface area contributed by atoms with Crippen molar-refractivity contribution in [2.45, 2.75) is 32.4 Å². The van der Waals surface area contributed by atoms with Crippen molar-refractivity contribution in [3.8, 4) is 0 Å². The lowest BCUT2D eigenvalue weighted by Gasteiger charge is -2.16. The monoisotopic (exact) mass is 210 g/mol. The second kappa shape index (κ2) is 5.87. The Bertz CT molecular complexity index is 188. The molecule has 0 aliphatic carbocycles. The third-order valence-electron chi connectivity index (χ3n) is 1.98. The molecular formula is C8H16F2N2O2. The van der Waals surface area contributed by atoms with E-state index in [9.17, 15) is 13.6 Å². The van der Waals surface area contributed by atoms with E-state index >= 15 is 0 Å².